The van der Waals surface area contributed by atoms with Crippen molar-refractivity contribution in [2.24, 2.45) is 4.99 Å². The van der Waals surface area contributed by atoms with E-state index < -0.39 is 0 Å². The van der Waals surface area contributed by atoms with Crippen LogP contribution >= 0.6 is 27.3 Å². The number of nitrogens with zero attached hydrogens (tertiary/aromatic N) is 4. The Morgan fingerprint density at radius 3 is 2.88 bits per heavy atom. The zero-order valence-corrected chi connectivity index (χ0v) is 20.9. The summed E-state index contributed by atoms with van der Waals surface area (Å²) in [6.45, 7) is 5.53. The van der Waals surface area contributed by atoms with Gasteiger partial charge in [0.05, 0.1) is 34.8 Å². The molecule has 34 heavy (non-hydrogen) atoms. The third kappa shape index (κ3) is 4.37. The Labute approximate surface area is 208 Å². The Bertz CT molecular complexity index is 1340. The van der Waals surface area contributed by atoms with Crippen LogP contribution in [0.15, 0.2) is 46.0 Å². The van der Waals surface area contributed by atoms with Gasteiger partial charge >= 0.3 is 0 Å². The van der Waals surface area contributed by atoms with Crippen LogP contribution < -0.4 is 10.8 Å². The Morgan fingerprint density at radius 2 is 2.21 bits per heavy atom. The number of carbonyl (C=O) groups is 2. The van der Waals surface area contributed by atoms with Gasteiger partial charge in [-0.1, -0.05) is 23.5 Å². The molecule has 9 nitrogen and oxygen atoms in total. The van der Waals surface area contributed by atoms with Crippen LogP contribution in [-0.4, -0.2) is 40.9 Å². The molecule has 4 rings (SSSR count). The number of benzene rings is 1. The molecule has 2 aromatic heterocycles. The first kappa shape index (κ1) is 23.7. The number of anilines is 1. The minimum absolute atomic E-state index is 0.359. The molecular weight excluding hydrogens is 520 g/mol. The van der Waals surface area contributed by atoms with Gasteiger partial charge in [0.1, 0.15) is 0 Å². The predicted octanol–water partition coefficient (Wildman–Crippen LogP) is 4.33. The Balaban J connectivity index is 1.94. The van der Waals surface area contributed by atoms with E-state index in [2.05, 4.69) is 43.4 Å². The van der Waals surface area contributed by atoms with Crippen molar-refractivity contribution >= 4 is 57.0 Å². The maximum absolute atomic E-state index is 12.2. The number of rotatable bonds is 8. The van der Waals surface area contributed by atoms with Crippen LogP contribution in [0.1, 0.15) is 34.2 Å². The van der Waals surface area contributed by atoms with Crippen LogP contribution in [0.5, 0.6) is 0 Å². The minimum atomic E-state index is -0.359. The number of aryl methyl sites for hydroxylation is 1. The van der Waals surface area contributed by atoms with Crippen molar-refractivity contribution in [2.75, 3.05) is 12.4 Å². The lowest BCUT2D eigenvalue weighted by molar-refractivity contribution is -0.105. The first-order valence-corrected chi connectivity index (χ1v) is 11.9. The summed E-state index contributed by atoms with van der Waals surface area (Å²) in [6, 6.07) is 5.23. The van der Waals surface area contributed by atoms with E-state index in [9.17, 15) is 9.59 Å². The number of hydrogen-bond acceptors (Lipinski definition) is 7. The van der Waals surface area contributed by atoms with E-state index >= 15 is 0 Å². The average molecular weight is 541 g/mol. The molecule has 2 heterocycles. The lowest BCUT2D eigenvalue weighted by Gasteiger charge is -2.15. The molecule has 3 aromatic rings. The van der Waals surface area contributed by atoms with Crippen molar-refractivity contribution in [3.05, 3.63) is 63.5 Å². The summed E-state index contributed by atoms with van der Waals surface area (Å²) in [7, 11) is 1.38. The lowest BCUT2D eigenvalue weighted by Crippen LogP contribution is -2.21. The van der Waals surface area contributed by atoms with Gasteiger partial charge < -0.3 is 5.32 Å². The van der Waals surface area contributed by atoms with E-state index in [4.69, 9.17) is 9.94 Å². The molecule has 0 saturated carbocycles. The van der Waals surface area contributed by atoms with Crippen LogP contribution in [0.25, 0.3) is 21.8 Å². The standard InChI is InChI=1S/C23H21BrN6O3S/c1-4-5-14(11-25-2)19-15-7-8-17-21(34-23(27-17)26-12-31)20(15)30(28-19)18-9-6-13(10-16(18)24)22(32)29-33-3/h4-6,9-12H,2,7-8H2,1,3H3,(H,29,32)(H,26,27,31)/b5-4-,14-11+. The molecule has 0 aliphatic heterocycles. The van der Waals surface area contributed by atoms with Gasteiger partial charge in [-0.05, 0) is 60.6 Å². The van der Waals surface area contributed by atoms with Crippen LogP contribution in [0, 0.1) is 0 Å². The van der Waals surface area contributed by atoms with E-state index in [1.54, 1.807) is 18.3 Å². The number of aromatic nitrogens is 3. The molecule has 11 heteroatoms. The zero-order valence-electron chi connectivity index (χ0n) is 18.5. The molecule has 0 unspecified atom stereocenters. The molecule has 0 spiro atoms. The van der Waals surface area contributed by atoms with E-state index in [1.165, 1.54) is 18.4 Å². The van der Waals surface area contributed by atoms with Gasteiger partial charge in [-0.2, -0.15) is 5.10 Å². The number of halogens is 1. The second kappa shape index (κ2) is 10.2. The number of hydrogen-bond donors (Lipinski definition) is 2. The average Bonchev–Trinajstić information content (AvgIpc) is 3.40. The highest BCUT2D eigenvalue weighted by atomic mass is 79.9. The minimum Gasteiger partial charge on any atom is -0.305 e. The summed E-state index contributed by atoms with van der Waals surface area (Å²) in [5, 5.41) is 8.15. The fraction of sp³-hybridized carbons (Fsp3) is 0.174. The first-order valence-electron chi connectivity index (χ1n) is 10.3. The van der Waals surface area contributed by atoms with Gasteiger partial charge in [0.15, 0.2) is 5.13 Å². The number of nitrogens with one attached hydrogen (secondary N) is 2. The summed E-state index contributed by atoms with van der Waals surface area (Å²) in [5.41, 5.74) is 7.96. The van der Waals surface area contributed by atoms with Crippen LogP contribution in [0.2, 0.25) is 0 Å². The molecule has 1 aliphatic rings. The van der Waals surface area contributed by atoms with Crippen molar-refractivity contribution < 1.29 is 14.4 Å². The topological polar surface area (TPSA) is 110 Å². The quantitative estimate of drug-likeness (QED) is 0.191. The van der Waals surface area contributed by atoms with Gasteiger partial charge in [-0.15, -0.1) is 0 Å². The van der Waals surface area contributed by atoms with Crippen molar-refractivity contribution in [1.29, 1.82) is 0 Å². The molecule has 2 amide bonds. The van der Waals surface area contributed by atoms with Gasteiger partial charge in [-0.25, -0.2) is 15.1 Å². The second-order valence-corrected chi connectivity index (χ2v) is 9.07. The number of hydroxylamine groups is 1. The van der Waals surface area contributed by atoms with Crippen molar-refractivity contribution in [3.8, 4) is 16.3 Å². The van der Waals surface area contributed by atoms with Crippen molar-refractivity contribution in [3.63, 3.8) is 0 Å². The second-order valence-electron chi connectivity index (χ2n) is 7.21. The van der Waals surface area contributed by atoms with E-state index in [1.807, 2.05) is 29.8 Å². The van der Waals surface area contributed by atoms with Crippen LogP contribution in [0.4, 0.5) is 5.13 Å². The summed E-state index contributed by atoms with van der Waals surface area (Å²) in [4.78, 5) is 37.4. The molecule has 0 bridgehead atoms. The molecular formula is C23H21BrN6O3S. The van der Waals surface area contributed by atoms with Crippen molar-refractivity contribution in [2.45, 2.75) is 19.8 Å². The maximum Gasteiger partial charge on any atom is 0.274 e. The normalized spacial score (nSPS) is 12.9. The Morgan fingerprint density at radius 1 is 1.38 bits per heavy atom. The fourth-order valence-electron chi connectivity index (χ4n) is 3.82. The van der Waals surface area contributed by atoms with Crippen LogP contribution in [-0.2, 0) is 22.5 Å². The monoisotopic (exact) mass is 540 g/mol. The Kier molecular flexibility index (Phi) is 7.15. The van der Waals surface area contributed by atoms with Gasteiger partial charge in [0, 0.05) is 27.4 Å². The maximum atomic E-state index is 12.2. The molecule has 0 atom stereocenters. The first-order chi connectivity index (χ1) is 16.5. The molecule has 0 saturated heterocycles. The lowest BCUT2D eigenvalue weighted by atomic mass is 9.95. The summed E-state index contributed by atoms with van der Waals surface area (Å²) >= 11 is 5.00. The third-order valence-electron chi connectivity index (χ3n) is 5.17. The predicted molar refractivity (Wildman–Crippen MR) is 136 cm³/mol. The number of aliphatic imine (C=N–C) groups is 1. The smallest absolute Gasteiger partial charge is 0.274 e. The highest BCUT2D eigenvalue weighted by Crippen LogP contribution is 2.44. The molecule has 2 N–H and O–H groups in total. The summed E-state index contributed by atoms with van der Waals surface area (Å²) in [6.07, 6.45) is 7.61. The Hall–Kier alpha value is -3.41. The van der Waals surface area contributed by atoms with Crippen LogP contribution in [0.3, 0.4) is 0 Å². The molecule has 174 valence electrons. The van der Waals surface area contributed by atoms with Gasteiger partial charge in [0.25, 0.3) is 5.91 Å². The summed E-state index contributed by atoms with van der Waals surface area (Å²) < 4.78 is 2.52. The van der Waals surface area contributed by atoms with E-state index in [-0.39, 0.29) is 5.91 Å². The largest absolute Gasteiger partial charge is 0.305 e. The zero-order chi connectivity index (χ0) is 24.2. The highest BCUT2D eigenvalue weighted by Gasteiger charge is 2.30. The fourth-order valence-corrected chi connectivity index (χ4v) is 5.40. The molecule has 1 aromatic carbocycles. The molecule has 0 radical (unpaired) electrons. The number of fused-ring (bicyclic) bond motifs is 3. The summed E-state index contributed by atoms with van der Waals surface area (Å²) in [5.74, 6) is -0.359. The van der Waals surface area contributed by atoms with Gasteiger partial charge in [-0.3, -0.25) is 19.4 Å². The van der Waals surface area contributed by atoms with E-state index in [0.717, 1.165) is 51.6 Å². The molecule has 0 fully saturated rings. The number of carbonyl (C=O) groups excluding carboxylic acids is 2. The van der Waals surface area contributed by atoms with Crippen molar-refractivity contribution in [1.82, 2.24) is 20.2 Å². The number of thiazole rings is 1. The highest BCUT2D eigenvalue weighted by molar-refractivity contribution is 9.10. The number of allylic oxidation sites excluding steroid dienone is 3. The SMILES string of the molecule is C=N/C=C(\C=C/C)c1nn(-c2ccc(C(=O)NOC)cc2Br)c2c1CCc1nc(NC=O)sc1-2. The third-order valence-corrected chi connectivity index (χ3v) is 6.84. The molecule has 1 aliphatic carbocycles. The number of amides is 2. The van der Waals surface area contributed by atoms with E-state index in [0.29, 0.717) is 21.6 Å². The van der Waals surface area contributed by atoms with Gasteiger partial charge in [0.2, 0.25) is 6.41 Å².